The van der Waals surface area contributed by atoms with Gasteiger partial charge < -0.3 is 10.2 Å². The highest BCUT2D eigenvalue weighted by Crippen LogP contribution is 2.22. The molecule has 96 valence electrons. The molecule has 2 nitrogen and oxygen atoms in total. The average molecular weight is 234 g/mol. The van der Waals surface area contributed by atoms with Crippen molar-refractivity contribution in [2.24, 2.45) is 5.41 Å². The molecule has 0 unspecified atom stereocenters. The highest BCUT2D eigenvalue weighted by molar-refractivity contribution is 5.50. The number of nitrogens with zero attached hydrogens (tertiary/aromatic N) is 1. The highest BCUT2D eigenvalue weighted by Gasteiger charge is 2.14. The molecule has 0 saturated heterocycles. The average Bonchev–Trinajstić information content (AvgIpc) is 2.18. The molecule has 0 fully saturated rings. The number of rotatable bonds is 4. The molecule has 2 heteroatoms. The van der Waals surface area contributed by atoms with Crippen LogP contribution in [0.25, 0.3) is 0 Å². The molecule has 17 heavy (non-hydrogen) atoms. The standard InChI is InChI=1S/C15H26N2/c1-12-9-14(8-7-13(12)10-16-5)17(6)11-15(2,3)4/h7-9,16H,10-11H2,1-6H3. The van der Waals surface area contributed by atoms with E-state index in [-0.39, 0.29) is 0 Å². The molecule has 0 aliphatic heterocycles. The van der Waals surface area contributed by atoms with Gasteiger partial charge in [0.05, 0.1) is 0 Å². The molecule has 1 rings (SSSR count). The Hall–Kier alpha value is -1.02. The summed E-state index contributed by atoms with van der Waals surface area (Å²) in [5.74, 6) is 0. The van der Waals surface area contributed by atoms with Crippen molar-refractivity contribution in [2.75, 3.05) is 25.5 Å². The molecule has 0 amide bonds. The minimum Gasteiger partial charge on any atom is -0.374 e. The van der Waals surface area contributed by atoms with Crippen LogP contribution in [0.3, 0.4) is 0 Å². The first kappa shape index (κ1) is 14.0. The van der Waals surface area contributed by atoms with Crippen molar-refractivity contribution >= 4 is 5.69 Å². The highest BCUT2D eigenvalue weighted by atomic mass is 15.1. The first-order valence-electron chi connectivity index (χ1n) is 6.29. The monoisotopic (exact) mass is 234 g/mol. The zero-order valence-corrected chi connectivity index (χ0v) is 12.1. The summed E-state index contributed by atoms with van der Waals surface area (Å²) in [5, 5.41) is 3.20. The third-order valence-electron chi connectivity index (χ3n) is 2.85. The fourth-order valence-corrected chi connectivity index (χ4v) is 2.11. The van der Waals surface area contributed by atoms with Crippen LogP contribution in [-0.4, -0.2) is 20.6 Å². The van der Waals surface area contributed by atoms with Crippen molar-refractivity contribution in [3.8, 4) is 0 Å². The molecule has 0 bridgehead atoms. The van der Waals surface area contributed by atoms with Crippen LogP contribution in [0.15, 0.2) is 18.2 Å². The molecule has 0 aliphatic carbocycles. The minimum absolute atomic E-state index is 0.326. The first-order chi connectivity index (χ1) is 7.83. The van der Waals surface area contributed by atoms with E-state index in [4.69, 9.17) is 0 Å². The molecular weight excluding hydrogens is 208 g/mol. The van der Waals surface area contributed by atoms with Crippen LogP contribution >= 0.6 is 0 Å². The number of anilines is 1. The topological polar surface area (TPSA) is 15.3 Å². The maximum absolute atomic E-state index is 3.20. The maximum Gasteiger partial charge on any atom is 0.0366 e. The Morgan fingerprint density at radius 2 is 1.88 bits per heavy atom. The molecule has 0 aromatic heterocycles. The first-order valence-corrected chi connectivity index (χ1v) is 6.29. The van der Waals surface area contributed by atoms with Crippen LogP contribution in [-0.2, 0) is 6.54 Å². The van der Waals surface area contributed by atoms with Gasteiger partial charge in [0, 0.05) is 25.8 Å². The summed E-state index contributed by atoms with van der Waals surface area (Å²) in [4.78, 5) is 2.33. The number of hydrogen-bond acceptors (Lipinski definition) is 2. The Kier molecular flexibility index (Phi) is 4.58. The molecule has 0 radical (unpaired) electrons. The molecule has 1 aromatic rings. The summed E-state index contributed by atoms with van der Waals surface area (Å²) >= 11 is 0. The van der Waals surface area contributed by atoms with Gasteiger partial charge in [-0.2, -0.15) is 0 Å². The summed E-state index contributed by atoms with van der Waals surface area (Å²) in [6.07, 6.45) is 0. The Morgan fingerprint density at radius 1 is 1.24 bits per heavy atom. The Labute approximate surface area is 106 Å². The van der Waals surface area contributed by atoms with Crippen molar-refractivity contribution in [1.29, 1.82) is 0 Å². The van der Waals surface area contributed by atoms with Crippen molar-refractivity contribution in [3.63, 3.8) is 0 Å². The molecule has 1 aromatic carbocycles. The van der Waals surface area contributed by atoms with E-state index in [1.165, 1.54) is 16.8 Å². The van der Waals surface area contributed by atoms with Gasteiger partial charge in [0.15, 0.2) is 0 Å². The van der Waals surface area contributed by atoms with Crippen molar-refractivity contribution < 1.29 is 0 Å². The van der Waals surface area contributed by atoms with Gasteiger partial charge in [-0.1, -0.05) is 26.8 Å². The van der Waals surface area contributed by atoms with Gasteiger partial charge >= 0.3 is 0 Å². The predicted molar refractivity (Wildman–Crippen MR) is 76.7 cm³/mol. The Morgan fingerprint density at radius 3 is 2.35 bits per heavy atom. The summed E-state index contributed by atoms with van der Waals surface area (Å²) in [6, 6.07) is 6.71. The second-order valence-corrected chi connectivity index (χ2v) is 6.06. The molecular formula is C15H26N2. The summed E-state index contributed by atoms with van der Waals surface area (Å²) < 4.78 is 0. The van der Waals surface area contributed by atoms with Gasteiger partial charge in [0.25, 0.3) is 0 Å². The van der Waals surface area contributed by atoms with E-state index >= 15 is 0 Å². The van der Waals surface area contributed by atoms with Gasteiger partial charge in [0.1, 0.15) is 0 Å². The van der Waals surface area contributed by atoms with Crippen LogP contribution in [0.4, 0.5) is 5.69 Å². The maximum atomic E-state index is 3.20. The van der Waals surface area contributed by atoms with Gasteiger partial charge in [0.2, 0.25) is 0 Å². The third kappa shape index (κ3) is 4.39. The fourth-order valence-electron chi connectivity index (χ4n) is 2.11. The van der Waals surface area contributed by atoms with E-state index in [1.54, 1.807) is 0 Å². The van der Waals surface area contributed by atoms with Crippen molar-refractivity contribution in [2.45, 2.75) is 34.2 Å². The molecule has 0 atom stereocenters. The summed E-state index contributed by atoms with van der Waals surface area (Å²) in [7, 11) is 4.15. The van der Waals surface area contributed by atoms with E-state index in [1.807, 2.05) is 7.05 Å². The number of hydrogen-bond donors (Lipinski definition) is 1. The lowest BCUT2D eigenvalue weighted by Gasteiger charge is -2.28. The second-order valence-electron chi connectivity index (χ2n) is 6.06. The quantitative estimate of drug-likeness (QED) is 0.860. The van der Waals surface area contributed by atoms with Gasteiger partial charge in [-0.25, -0.2) is 0 Å². The SMILES string of the molecule is CNCc1ccc(N(C)CC(C)(C)C)cc1C. The fraction of sp³-hybridized carbons (Fsp3) is 0.600. The predicted octanol–water partition coefficient (Wildman–Crippen LogP) is 3.20. The smallest absolute Gasteiger partial charge is 0.0366 e. The van der Waals surface area contributed by atoms with E-state index in [9.17, 15) is 0 Å². The van der Waals surface area contributed by atoms with Crippen molar-refractivity contribution in [1.82, 2.24) is 5.32 Å². The van der Waals surface area contributed by atoms with E-state index in [0.717, 1.165) is 13.1 Å². The number of nitrogens with one attached hydrogen (secondary N) is 1. The third-order valence-corrected chi connectivity index (χ3v) is 2.85. The number of aryl methyl sites for hydroxylation is 1. The molecule has 0 spiro atoms. The van der Waals surface area contributed by atoms with Crippen LogP contribution in [0.1, 0.15) is 31.9 Å². The van der Waals surface area contributed by atoms with Crippen molar-refractivity contribution in [3.05, 3.63) is 29.3 Å². The summed E-state index contributed by atoms with van der Waals surface area (Å²) in [6.45, 7) is 11.0. The van der Waals surface area contributed by atoms with Gasteiger partial charge in [-0.05, 0) is 42.6 Å². The lowest BCUT2D eigenvalue weighted by Crippen LogP contribution is -2.29. The largest absolute Gasteiger partial charge is 0.374 e. The van der Waals surface area contributed by atoms with Gasteiger partial charge in [-0.3, -0.25) is 0 Å². The zero-order chi connectivity index (χ0) is 13.1. The zero-order valence-electron chi connectivity index (χ0n) is 12.1. The van der Waals surface area contributed by atoms with E-state index < -0.39 is 0 Å². The molecule has 0 aliphatic rings. The van der Waals surface area contributed by atoms with Crippen LogP contribution in [0, 0.1) is 12.3 Å². The Bertz CT molecular complexity index is 364. The number of benzene rings is 1. The molecule has 1 N–H and O–H groups in total. The van der Waals surface area contributed by atoms with Gasteiger partial charge in [-0.15, -0.1) is 0 Å². The minimum atomic E-state index is 0.326. The normalized spacial score (nSPS) is 11.6. The molecule has 0 heterocycles. The Balaban J connectivity index is 2.82. The van der Waals surface area contributed by atoms with Crippen LogP contribution < -0.4 is 10.2 Å². The van der Waals surface area contributed by atoms with Crippen LogP contribution in [0.5, 0.6) is 0 Å². The van der Waals surface area contributed by atoms with E-state index in [2.05, 4.69) is 63.2 Å². The molecule has 0 saturated carbocycles. The lowest BCUT2D eigenvalue weighted by molar-refractivity contribution is 0.419. The lowest BCUT2D eigenvalue weighted by atomic mass is 9.96. The van der Waals surface area contributed by atoms with E-state index in [0.29, 0.717) is 5.41 Å². The summed E-state index contributed by atoms with van der Waals surface area (Å²) in [5.41, 5.74) is 4.36. The second kappa shape index (κ2) is 5.54. The van der Waals surface area contributed by atoms with Crippen LogP contribution in [0.2, 0.25) is 0 Å².